The minimum atomic E-state index is -0.364. The molecule has 144 valence electrons. The Labute approximate surface area is 167 Å². The standard InChI is InChI=1S/C22H23N3O2S/c23-22(27)19-9-8-18(28-19)17-7-3-10-24(17)13-15-12-20(26)25-11-2-5-14-4-1-6-16(15)21(14)25/h1,4,6,8-9,12,17H,2-3,5,7,10-11,13H2,(H2,23,27)/t17-/m1/s1. The van der Waals surface area contributed by atoms with Gasteiger partial charge < -0.3 is 10.3 Å². The van der Waals surface area contributed by atoms with Crippen LogP contribution in [0.5, 0.6) is 0 Å². The second kappa shape index (κ2) is 6.87. The van der Waals surface area contributed by atoms with Crippen LogP contribution in [0.1, 0.15) is 51.0 Å². The first kappa shape index (κ1) is 17.6. The molecular formula is C22H23N3O2S. The lowest BCUT2D eigenvalue weighted by Crippen LogP contribution is -2.27. The average Bonchev–Trinajstić information content (AvgIpc) is 3.35. The Morgan fingerprint density at radius 1 is 1.18 bits per heavy atom. The smallest absolute Gasteiger partial charge is 0.258 e. The Balaban J connectivity index is 1.52. The highest BCUT2D eigenvalue weighted by Crippen LogP contribution is 2.37. The van der Waals surface area contributed by atoms with Gasteiger partial charge in [-0.3, -0.25) is 14.5 Å². The van der Waals surface area contributed by atoms with Crippen LogP contribution < -0.4 is 11.3 Å². The fourth-order valence-electron chi connectivity index (χ4n) is 4.79. The van der Waals surface area contributed by atoms with Gasteiger partial charge in [-0.05, 0) is 55.5 Å². The molecule has 0 spiro atoms. The summed E-state index contributed by atoms with van der Waals surface area (Å²) < 4.78 is 1.94. The van der Waals surface area contributed by atoms with Crippen molar-refractivity contribution in [2.75, 3.05) is 6.54 Å². The predicted octanol–water partition coefficient (Wildman–Crippen LogP) is 3.45. The van der Waals surface area contributed by atoms with E-state index in [9.17, 15) is 9.59 Å². The maximum absolute atomic E-state index is 12.8. The summed E-state index contributed by atoms with van der Waals surface area (Å²) in [5.74, 6) is -0.364. The number of likely N-dealkylation sites (tertiary alicyclic amines) is 1. The number of pyridine rings is 1. The lowest BCUT2D eigenvalue weighted by atomic mass is 9.98. The molecule has 6 heteroatoms. The third-order valence-electron chi connectivity index (χ3n) is 6.06. The largest absolute Gasteiger partial charge is 0.365 e. The van der Waals surface area contributed by atoms with E-state index in [4.69, 9.17) is 5.73 Å². The molecule has 4 heterocycles. The van der Waals surface area contributed by atoms with Crippen LogP contribution in [0.4, 0.5) is 0 Å². The van der Waals surface area contributed by atoms with Gasteiger partial charge in [0.2, 0.25) is 0 Å². The molecule has 2 aliphatic rings. The molecule has 0 bridgehead atoms. The van der Waals surface area contributed by atoms with Gasteiger partial charge in [0, 0.05) is 35.5 Å². The van der Waals surface area contributed by atoms with Crippen molar-refractivity contribution in [2.45, 2.75) is 44.8 Å². The summed E-state index contributed by atoms with van der Waals surface area (Å²) in [6.45, 7) is 2.56. The van der Waals surface area contributed by atoms with Crippen molar-refractivity contribution in [2.24, 2.45) is 5.73 Å². The van der Waals surface area contributed by atoms with E-state index in [2.05, 4.69) is 23.1 Å². The number of benzene rings is 1. The summed E-state index contributed by atoms with van der Waals surface area (Å²) in [5, 5.41) is 1.20. The molecular weight excluding hydrogens is 370 g/mol. The molecule has 2 aliphatic heterocycles. The van der Waals surface area contributed by atoms with Crippen LogP contribution in [0.3, 0.4) is 0 Å². The molecule has 1 atom stereocenters. The second-order valence-electron chi connectivity index (χ2n) is 7.77. The number of thiophene rings is 1. The molecule has 3 aromatic rings. The molecule has 2 N–H and O–H groups in total. The minimum absolute atomic E-state index is 0.109. The first-order chi connectivity index (χ1) is 13.6. The molecule has 28 heavy (non-hydrogen) atoms. The molecule has 1 aromatic carbocycles. The zero-order valence-electron chi connectivity index (χ0n) is 15.7. The van der Waals surface area contributed by atoms with E-state index in [0.29, 0.717) is 4.88 Å². The zero-order chi connectivity index (χ0) is 19.3. The summed E-state index contributed by atoms with van der Waals surface area (Å²) in [7, 11) is 0. The van der Waals surface area contributed by atoms with Crippen molar-refractivity contribution < 1.29 is 4.79 Å². The number of aromatic nitrogens is 1. The van der Waals surface area contributed by atoms with Crippen LogP contribution in [-0.2, 0) is 19.5 Å². The first-order valence-corrected chi connectivity index (χ1v) is 10.7. The number of primary amides is 1. The molecule has 0 aliphatic carbocycles. The fourth-order valence-corrected chi connectivity index (χ4v) is 5.82. The van der Waals surface area contributed by atoms with Crippen molar-refractivity contribution in [3.8, 4) is 0 Å². The van der Waals surface area contributed by atoms with Gasteiger partial charge in [-0.2, -0.15) is 0 Å². The minimum Gasteiger partial charge on any atom is -0.365 e. The molecule has 0 radical (unpaired) electrons. The second-order valence-corrected chi connectivity index (χ2v) is 8.89. The number of nitrogens with zero attached hydrogens (tertiary/aromatic N) is 2. The Morgan fingerprint density at radius 3 is 2.89 bits per heavy atom. The highest BCUT2D eigenvalue weighted by Gasteiger charge is 2.28. The van der Waals surface area contributed by atoms with Gasteiger partial charge in [-0.1, -0.05) is 18.2 Å². The summed E-state index contributed by atoms with van der Waals surface area (Å²) in [6.07, 6.45) is 4.26. The number of aryl methyl sites for hydroxylation is 2. The van der Waals surface area contributed by atoms with Crippen molar-refractivity contribution in [3.63, 3.8) is 0 Å². The molecule has 0 unspecified atom stereocenters. The number of para-hydroxylation sites is 1. The number of carbonyl (C=O) groups excluding carboxylic acids is 1. The van der Waals surface area contributed by atoms with Gasteiger partial charge in [-0.25, -0.2) is 0 Å². The molecule has 5 nitrogen and oxygen atoms in total. The number of carbonyl (C=O) groups is 1. The van der Waals surface area contributed by atoms with Crippen LogP contribution in [0.2, 0.25) is 0 Å². The molecule has 1 fully saturated rings. The monoisotopic (exact) mass is 393 g/mol. The molecule has 1 saturated heterocycles. The summed E-state index contributed by atoms with van der Waals surface area (Å²) in [4.78, 5) is 28.5. The Kier molecular flexibility index (Phi) is 4.33. The number of hydrogen-bond acceptors (Lipinski definition) is 4. The summed E-state index contributed by atoms with van der Waals surface area (Å²) in [5.41, 5.74) is 9.06. The van der Waals surface area contributed by atoms with E-state index >= 15 is 0 Å². The Hall–Kier alpha value is -2.44. The number of nitrogens with two attached hydrogens (primary N) is 1. The lowest BCUT2D eigenvalue weighted by Gasteiger charge is -2.26. The van der Waals surface area contributed by atoms with Gasteiger partial charge in [0.25, 0.3) is 11.5 Å². The predicted molar refractivity (Wildman–Crippen MR) is 112 cm³/mol. The van der Waals surface area contributed by atoms with Gasteiger partial charge in [0.1, 0.15) is 0 Å². The molecule has 0 saturated carbocycles. The summed E-state index contributed by atoms with van der Waals surface area (Å²) >= 11 is 1.49. The van der Waals surface area contributed by atoms with Gasteiger partial charge in [-0.15, -0.1) is 11.3 Å². The van der Waals surface area contributed by atoms with Crippen molar-refractivity contribution in [3.05, 3.63) is 67.6 Å². The van der Waals surface area contributed by atoms with E-state index in [0.717, 1.165) is 56.4 Å². The maximum Gasteiger partial charge on any atom is 0.258 e. The number of rotatable bonds is 4. The molecule has 2 aromatic heterocycles. The highest BCUT2D eigenvalue weighted by atomic mass is 32.1. The van der Waals surface area contributed by atoms with Crippen LogP contribution in [-0.4, -0.2) is 21.9 Å². The number of amides is 1. The van der Waals surface area contributed by atoms with Gasteiger partial charge >= 0.3 is 0 Å². The van der Waals surface area contributed by atoms with Crippen molar-refractivity contribution in [1.29, 1.82) is 0 Å². The van der Waals surface area contributed by atoms with E-state index in [1.807, 2.05) is 22.8 Å². The average molecular weight is 394 g/mol. The molecule has 1 amide bonds. The van der Waals surface area contributed by atoms with Crippen LogP contribution in [0.15, 0.2) is 41.2 Å². The van der Waals surface area contributed by atoms with Crippen molar-refractivity contribution >= 4 is 28.1 Å². The van der Waals surface area contributed by atoms with Crippen LogP contribution in [0.25, 0.3) is 10.9 Å². The Bertz CT molecular complexity index is 1130. The van der Waals surface area contributed by atoms with Crippen molar-refractivity contribution in [1.82, 2.24) is 9.47 Å². The van der Waals surface area contributed by atoms with Crippen LogP contribution in [0, 0.1) is 0 Å². The maximum atomic E-state index is 12.8. The van der Waals surface area contributed by atoms with E-state index in [-0.39, 0.29) is 17.5 Å². The zero-order valence-corrected chi connectivity index (χ0v) is 16.5. The van der Waals surface area contributed by atoms with E-state index < -0.39 is 0 Å². The summed E-state index contributed by atoms with van der Waals surface area (Å²) in [6, 6.07) is 12.4. The SMILES string of the molecule is NC(=O)c1ccc([C@H]2CCCN2Cc2cc(=O)n3c4c(cccc24)CCC3)s1. The fraction of sp³-hybridized carbons (Fsp3) is 0.364. The first-order valence-electron chi connectivity index (χ1n) is 9.90. The normalized spacial score (nSPS) is 19.4. The van der Waals surface area contributed by atoms with Crippen LogP contribution >= 0.6 is 11.3 Å². The third kappa shape index (κ3) is 2.88. The lowest BCUT2D eigenvalue weighted by molar-refractivity contribution is 0.100. The van der Waals surface area contributed by atoms with E-state index in [1.165, 1.54) is 27.2 Å². The Morgan fingerprint density at radius 2 is 2.07 bits per heavy atom. The quantitative estimate of drug-likeness (QED) is 0.738. The van der Waals surface area contributed by atoms with Gasteiger partial charge in [0.05, 0.1) is 10.4 Å². The van der Waals surface area contributed by atoms with E-state index in [1.54, 1.807) is 0 Å². The topological polar surface area (TPSA) is 68.3 Å². The van der Waals surface area contributed by atoms with Gasteiger partial charge in [0.15, 0.2) is 0 Å². The highest BCUT2D eigenvalue weighted by molar-refractivity contribution is 7.14. The number of hydrogen-bond donors (Lipinski definition) is 1. The third-order valence-corrected chi connectivity index (χ3v) is 7.26. The molecule has 5 rings (SSSR count).